The van der Waals surface area contributed by atoms with E-state index in [1.165, 1.54) is 31.4 Å². The standard InChI is InChI=1S/C18H14F3N3O5S/c1-28-13-6-8-14(9-7-13)30(26,27)10-15(25)22-17-24-23-16(29-17)11-2-4-12(5-3-11)18(19,20)21/h2-9H,10H2,1H3,(H,22,24,25). The number of hydrogen-bond donors (Lipinski definition) is 1. The average Bonchev–Trinajstić information content (AvgIpc) is 3.15. The van der Waals surface area contributed by atoms with Crippen molar-refractivity contribution in [3.05, 3.63) is 54.1 Å². The third-order valence-corrected chi connectivity index (χ3v) is 5.50. The smallest absolute Gasteiger partial charge is 0.416 e. The van der Waals surface area contributed by atoms with E-state index in [-0.39, 0.29) is 22.4 Å². The molecular formula is C18H14F3N3O5S. The molecule has 0 aliphatic heterocycles. The predicted molar refractivity (Wildman–Crippen MR) is 98.4 cm³/mol. The summed E-state index contributed by atoms with van der Waals surface area (Å²) in [6.07, 6.45) is -4.48. The quantitative estimate of drug-likeness (QED) is 0.625. The van der Waals surface area contributed by atoms with Crippen molar-refractivity contribution in [2.75, 3.05) is 18.2 Å². The number of anilines is 1. The Morgan fingerprint density at radius 1 is 1.07 bits per heavy atom. The van der Waals surface area contributed by atoms with E-state index in [0.29, 0.717) is 5.75 Å². The van der Waals surface area contributed by atoms with Gasteiger partial charge in [-0.1, -0.05) is 5.10 Å². The van der Waals surface area contributed by atoms with Gasteiger partial charge in [0.15, 0.2) is 9.84 Å². The van der Waals surface area contributed by atoms with Crippen LogP contribution in [-0.2, 0) is 20.8 Å². The van der Waals surface area contributed by atoms with Gasteiger partial charge < -0.3 is 9.15 Å². The summed E-state index contributed by atoms with van der Waals surface area (Å²) in [5.74, 6) is -1.48. The number of carbonyl (C=O) groups excluding carboxylic acids is 1. The number of aromatic nitrogens is 2. The molecule has 0 bridgehead atoms. The third kappa shape index (κ3) is 4.95. The van der Waals surface area contributed by atoms with Crippen LogP contribution in [0.5, 0.6) is 5.75 Å². The van der Waals surface area contributed by atoms with E-state index in [0.717, 1.165) is 24.3 Å². The molecule has 0 saturated carbocycles. The van der Waals surface area contributed by atoms with Crippen LogP contribution in [0.1, 0.15) is 5.56 Å². The van der Waals surface area contributed by atoms with Gasteiger partial charge in [0, 0.05) is 5.56 Å². The Morgan fingerprint density at radius 2 is 1.70 bits per heavy atom. The van der Waals surface area contributed by atoms with Gasteiger partial charge in [0.25, 0.3) is 0 Å². The van der Waals surface area contributed by atoms with E-state index in [4.69, 9.17) is 9.15 Å². The number of amides is 1. The fourth-order valence-electron chi connectivity index (χ4n) is 2.39. The Hall–Kier alpha value is -3.41. The molecule has 1 aromatic heterocycles. The molecule has 30 heavy (non-hydrogen) atoms. The van der Waals surface area contributed by atoms with Crippen molar-refractivity contribution in [2.24, 2.45) is 0 Å². The number of rotatable bonds is 6. The summed E-state index contributed by atoms with van der Waals surface area (Å²) in [6, 6.07) is 9.07. The number of carbonyl (C=O) groups is 1. The molecule has 0 saturated heterocycles. The second-order valence-corrected chi connectivity index (χ2v) is 7.96. The Morgan fingerprint density at radius 3 is 2.27 bits per heavy atom. The highest BCUT2D eigenvalue weighted by atomic mass is 32.2. The third-order valence-electron chi connectivity index (χ3n) is 3.87. The SMILES string of the molecule is COc1ccc(S(=O)(=O)CC(=O)Nc2nnc(-c3ccc(C(F)(F)F)cc3)o2)cc1. The number of sulfone groups is 1. The molecule has 1 amide bonds. The molecule has 12 heteroatoms. The van der Waals surface area contributed by atoms with E-state index in [1.807, 2.05) is 0 Å². The lowest BCUT2D eigenvalue weighted by Gasteiger charge is -2.06. The lowest BCUT2D eigenvalue weighted by atomic mass is 10.1. The van der Waals surface area contributed by atoms with E-state index in [9.17, 15) is 26.4 Å². The molecule has 1 N–H and O–H groups in total. The average molecular weight is 441 g/mol. The van der Waals surface area contributed by atoms with Crippen molar-refractivity contribution in [1.29, 1.82) is 0 Å². The largest absolute Gasteiger partial charge is 0.497 e. The molecule has 0 unspecified atom stereocenters. The summed E-state index contributed by atoms with van der Waals surface area (Å²) < 4.78 is 72.6. The van der Waals surface area contributed by atoms with Crippen LogP contribution >= 0.6 is 0 Å². The van der Waals surface area contributed by atoms with Crippen LogP contribution in [0.2, 0.25) is 0 Å². The van der Waals surface area contributed by atoms with E-state index in [2.05, 4.69) is 15.5 Å². The van der Waals surface area contributed by atoms with Crippen molar-refractivity contribution in [2.45, 2.75) is 11.1 Å². The molecule has 0 fully saturated rings. The van der Waals surface area contributed by atoms with Crippen LogP contribution in [0.3, 0.4) is 0 Å². The predicted octanol–water partition coefficient (Wildman–Crippen LogP) is 3.18. The van der Waals surface area contributed by atoms with Gasteiger partial charge in [0.2, 0.25) is 11.8 Å². The van der Waals surface area contributed by atoms with Crippen molar-refractivity contribution >= 4 is 21.8 Å². The van der Waals surface area contributed by atoms with Crippen LogP contribution in [-0.4, -0.2) is 37.4 Å². The van der Waals surface area contributed by atoms with Crippen molar-refractivity contribution in [3.63, 3.8) is 0 Å². The second kappa shape index (κ2) is 8.14. The number of hydrogen-bond acceptors (Lipinski definition) is 7. The van der Waals surface area contributed by atoms with E-state index in [1.54, 1.807) is 0 Å². The minimum absolute atomic E-state index is 0.0746. The Labute approximate surface area is 168 Å². The van der Waals surface area contributed by atoms with Gasteiger partial charge in [-0.25, -0.2) is 8.42 Å². The zero-order chi connectivity index (χ0) is 21.9. The van der Waals surface area contributed by atoms with Gasteiger partial charge in [-0.3, -0.25) is 10.1 Å². The van der Waals surface area contributed by atoms with Crippen molar-refractivity contribution in [1.82, 2.24) is 10.2 Å². The molecule has 2 aromatic carbocycles. The molecule has 0 atom stereocenters. The normalized spacial score (nSPS) is 11.9. The summed E-state index contributed by atoms with van der Waals surface area (Å²) >= 11 is 0. The van der Waals surface area contributed by atoms with Crippen LogP contribution < -0.4 is 10.1 Å². The van der Waals surface area contributed by atoms with Gasteiger partial charge in [0.1, 0.15) is 11.5 Å². The first-order valence-electron chi connectivity index (χ1n) is 8.26. The fourth-order valence-corrected chi connectivity index (χ4v) is 3.52. The molecule has 8 nitrogen and oxygen atoms in total. The molecule has 0 radical (unpaired) electrons. The highest BCUT2D eigenvalue weighted by Crippen LogP contribution is 2.31. The van der Waals surface area contributed by atoms with Crippen LogP contribution in [0, 0.1) is 0 Å². The number of nitrogens with zero attached hydrogens (tertiary/aromatic N) is 2. The number of benzene rings is 2. The molecule has 3 aromatic rings. The summed E-state index contributed by atoms with van der Waals surface area (Å²) in [4.78, 5) is 12.0. The monoisotopic (exact) mass is 441 g/mol. The number of halogens is 3. The molecule has 0 aliphatic rings. The maximum atomic E-state index is 12.6. The number of methoxy groups -OCH3 is 1. The Kier molecular flexibility index (Phi) is 5.78. The van der Waals surface area contributed by atoms with E-state index >= 15 is 0 Å². The van der Waals surface area contributed by atoms with E-state index < -0.39 is 33.2 Å². The zero-order valence-electron chi connectivity index (χ0n) is 15.3. The highest BCUT2D eigenvalue weighted by molar-refractivity contribution is 7.92. The number of alkyl halides is 3. The Balaban J connectivity index is 1.67. The van der Waals surface area contributed by atoms with Crippen LogP contribution in [0.25, 0.3) is 11.5 Å². The van der Waals surface area contributed by atoms with Crippen molar-refractivity contribution < 1.29 is 35.5 Å². The molecule has 1 heterocycles. The molecule has 3 rings (SSSR count). The first kappa shape index (κ1) is 21.3. The minimum atomic E-state index is -4.48. The van der Waals surface area contributed by atoms with Gasteiger partial charge in [-0.2, -0.15) is 13.2 Å². The number of nitrogens with one attached hydrogen (secondary N) is 1. The summed E-state index contributed by atoms with van der Waals surface area (Å²) in [5, 5.41) is 9.33. The first-order chi connectivity index (χ1) is 14.1. The second-order valence-electron chi connectivity index (χ2n) is 5.97. The Bertz CT molecular complexity index is 1140. The van der Waals surface area contributed by atoms with Crippen LogP contribution in [0.15, 0.2) is 57.8 Å². The maximum absolute atomic E-state index is 12.6. The zero-order valence-corrected chi connectivity index (χ0v) is 16.1. The number of ether oxygens (including phenoxy) is 1. The van der Waals surface area contributed by atoms with Crippen LogP contribution in [0.4, 0.5) is 19.2 Å². The maximum Gasteiger partial charge on any atom is 0.416 e. The first-order valence-corrected chi connectivity index (χ1v) is 9.91. The highest BCUT2D eigenvalue weighted by Gasteiger charge is 2.30. The summed E-state index contributed by atoms with van der Waals surface area (Å²) in [6.45, 7) is 0. The molecule has 158 valence electrons. The van der Waals surface area contributed by atoms with Gasteiger partial charge >= 0.3 is 12.2 Å². The lowest BCUT2D eigenvalue weighted by Crippen LogP contribution is -2.23. The van der Waals surface area contributed by atoms with Crippen molar-refractivity contribution in [3.8, 4) is 17.2 Å². The molecule has 0 spiro atoms. The molecule has 0 aliphatic carbocycles. The fraction of sp³-hybridized carbons (Fsp3) is 0.167. The van der Waals surface area contributed by atoms with Gasteiger partial charge in [-0.05, 0) is 48.5 Å². The summed E-state index contributed by atoms with van der Waals surface area (Å²) in [5.41, 5.74) is -0.648. The summed E-state index contributed by atoms with van der Waals surface area (Å²) in [7, 11) is -2.50. The lowest BCUT2D eigenvalue weighted by molar-refractivity contribution is -0.137. The topological polar surface area (TPSA) is 111 Å². The minimum Gasteiger partial charge on any atom is -0.497 e. The van der Waals surface area contributed by atoms with Gasteiger partial charge in [-0.15, -0.1) is 5.10 Å². The molecular weight excluding hydrogens is 427 g/mol. The van der Waals surface area contributed by atoms with Gasteiger partial charge in [0.05, 0.1) is 17.6 Å².